The van der Waals surface area contributed by atoms with Crippen LogP contribution in [0.5, 0.6) is 0 Å². The number of nitrogens with zero attached hydrogens (tertiary/aromatic N) is 1. The van der Waals surface area contributed by atoms with E-state index in [1.807, 2.05) is 32.4 Å². The smallest absolute Gasteiger partial charge is 0.317 e. The van der Waals surface area contributed by atoms with E-state index in [1.54, 1.807) is 16.7 Å². The first-order chi connectivity index (χ1) is 9.67. The van der Waals surface area contributed by atoms with Gasteiger partial charge in [-0.05, 0) is 37.3 Å². The average molecular weight is 296 g/mol. The molecule has 0 aliphatic heterocycles. The molecule has 0 atom stereocenters. The second kappa shape index (κ2) is 9.66. The summed E-state index contributed by atoms with van der Waals surface area (Å²) in [6, 6.07) is 8.20. The summed E-state index contributed by atoms with van der Waals surface area (Å²) < 4.78 is 5.23. The Hall–Kier alpha value is -1.20. The fourth-order valence-corrected chi connectivity index (χ4v) is 2.25. The van der Waals surface area contributed by atoms with E-state index in [1.165, 1.54) is 4.90 Å². The van der Waals surface area contributed by atoms with Crippen molar-refractivity contribution in [2.75, 3.05) is 33.1 Å². The van der Waals surface area contributed by atoms with Crippen LogP contribution in [-0.2, 0) is 11.3 Å². The minimum atomic E-state index is -0.0453. The molecule has 1 aromatic carbocycles. The Balaban J connectivity index is 2.33. The zero-order valence-corrected chi connectivity index (χ0v) is 13.3. The second-order valence-corrected chi connectivity index (χ2v) is 5.37. The molecule has 1 rings (SSSR count). The number of amides is 2. The quantitative estimate of drug-likeness (QED) is 0.592. The molecule has 1 N–H and O–H groups in total. The van der Waals surface area contributed by atoms with Crippen molar-refractivity contribution in [1.29, 1.82) is 0 Å². The molecule has 0 heterocycles. The average Bonchev–Trinajstić information content (AvgIpc) is 2.47. The number of carbonyl (C=O) groups excluding carboxylic acids is 1. The molecular weight excluding hydrogens is 272 g/mol. The summed E-state index contributed by atoms with van der Waals surface area (Å²) in [4.78, 5) is 14.8. The number of rotatable bonds is 8. The molecule has 112 valence electrons. The van der Waals surface area contributed by atoms with Gasteiger partial charge < -0.3 is 15.0 Å². The topological polar surface area (TPSA) is 41.6 Å². The number of urea groups is 1. The van der Waals surface area contributed by atoms with E-state index in [0.29, 0.717) is 19.7 Å². The van der Waals surface area contributed by atoms with E-state index in [2.05, 4.69) is 17.4 Å². The van der Waals surface area contributed by atoms with Gasteiger partial charge in [-0.2, -0.15) is 0 Å². The normalized spacial score (nSPS) is 10.3. The maximum Gasteiger partial charge on any atom is 0.317 e. The van der Waals surface area contributed by atoms with Gasteiger partial charge in [-0.3, -0.25) is 0 Å². The molecule has 4 nitrogen and oxygen atoms in total. The Kier molecular flexibility index (Phi) is 8.14. The fourth-order valence-electron chi connectivity index (χ4n) is 1.77. The third-order valence-corrected chi connectivity index (χ3v) is 3.57. The molecule has 0 aliphatic carbocycles. The van der Waals surface area contributed by atoms with Gasteiger partial charge in [-0.25, -0.2) is 4.79 Å². The van der Waals surface area contributed by atoms with Gasteiger partial charge >= 0.3 is 6.03 Å². The lowest BCUT2D eigenvalue weighted by Gasteiger charge is -2.18. The molecule has 0 spiro atoms. The number of hydrogen-bond donors (Lipinski definition) is 1. The van der Waals surface area contributed by atoms with E-state index in [9.17, 15) is 4.79 Å². The summed E-state index contributed by atoms with van der Waals surface area (Å²) >= 11 is 1.71. The van der Waals surface area contributed by atoms with E-state index < -0.39 is 0 Å². The molecule has 0 radical (unpaired) electrons. The van der Waals surface area contributed by atoms with Crippen LogP contribution in [0.2, 0.25) is 0 Å². The van der Waals surface area contributed by atoms with Crippen LogP contribution < -0.4 is 5.32 Å². The lowest BCUT2D eigenvalue weighted by molar-refractivity contribution is 0.144. The van der Waals surface area contributed by atoms with Gasteiger partial charge in [0.2, 0.25) is 0 Å². The van der Waals surface area contributed by atoms with Gasteiger partial charge in [0.1, 0.15) is 0 Å². The molecule has 5 heteroatoms. The van der Waals surface area contributed by atoms with Crippen molar-refractivity contribution in [2.45, 2.75) is 24.8 Å². The predicted molar refractivity (Wildman–Crippen MR) is 84.2 cm³/mol. The van der Waals surface area contributed by atoms with E-state index in [-0.39, 0.29) is 6.03 Å². The van der Waals surface area contributed by atoms with Crippen LogP contribution in [0.1, 0.15) is 18.9 Å². The van der Waals surface area contributed by atoms with Crippen molar-refractivity contribution in [1.82, 2.24) is 10.2 Å². The summed E-state index contributed by atoms with van der Waals surface area (Å²) in [5.74, 6) is 0. The first-order valence-electron chi connectivity index (χ1n) is 6.87. The number of nitrogens with one attached hydrogen (secondary N) is 1. The third-order valence-electron chi connectivity index (χ3n) is 2.85. The number of carbonyl (C=O) groups is 1. The zero-order valence-electron chi connectivity index (χ0n) is 12.5. The number of benzene rings is 1. The van der Waals surface area contributed by atoms with Gasteiger partial charge in [0.05, 0.1) is 0 Å². The predicted octanol–water partition coefficient (Wildman–Crippen LogP) is 2.98. The van der Waals surface area contributed by atoms with Crippen molar-refractivity contribution in [3.63, 3.8) is 0 Å². The molecule has 0 aliphatic rings. The Morgan fingerprint density at radius 2 is 2.25 bits per heavy atom. The highest BCUT2D eigenvalue weighted by atomic mass is 32.2. The maximum absolute atomic E-state index is 11.9. The van der Waals surface area contributed by atoms with Gasteiger partial charge in [-0.1, -0.05) is 12.1 Å². The number of hydrogen-bond acceptors (Lipinski definition) is 3. The highest BCUT2D eigenvalue weighted by molar-refractivity contribution is 7.98. The lowest BCUT2D eigenvalue weighted by atomic mass is 10.2. The highest BCUT2D eigenvalue weighted by Crippen LogP contribution is 2.16. The second-order valence-electron chi connectivity index (χ2n) is 4.49. The van der Waals surface area contributed by atoms with Crippen molar-refractivity contribution >= 4 is 17.8 Å². The van der Waals surface area contributed by atoms with E-state index in [4.69, 9.17) is 4.74 Å². The monoisotopic (exact) mass is 296 g/mol. The molecule has 20 heavy (non-hydrogen) atoms. The highest BCUT2D eigenvalue weighted by Gasteiger charge is 2.08. The summed E-state index contributed by atoms with van der Waals surface area (Å²) in [5, 5.41) is 2.89. The summed E-state index contributed by atoms with van der Waals surface area (Å²) in [6.07, 6.45) is 2.89. The number of ether oxygens (including phenoxy) is 1. The Morgan fingerprint density at radius 1 is 1.45 bits per heavy atom. The SMILES string of the molecule is CCOCCCNC(=O)N(C)Cc1cccc(SC)c1. The molecule has 0 aromatic heterocycles. The Labute approximate surface area is 125 Å². The minimum Gasteiger partial charge on any atom is -0.382 e. The van der Waals surface area contributed by atoms with Gasteiger partial charge in [0, 0.05) is 38.2 Å². The van der Waals surface area contributed by atoms with Crippen molar-refractivity contribution in [3.05, 3.63) is 29.8 Å². The molecule has 1 aromatic rings. The van der Waals surface area contributed by atoms with Crippen LogP contribution in [0, 0.1) is 0 Å². The third kappa shape index (κ3) is 6.30. The fraction of sp³-hybridized carbons (Fsp3) is 0.533. The van der Waals surface area contributed by atoms with Gasteiger partial charge in [0.25, 0.3) is 0 Å². The van der Waals surface area contributed by atoms with Gasteiger partial charge in [0.15, 0.2) is 0 Å². The zero-order chi connectivity index (χ0) is 14.8. The van der Waals surface area contributed by atoms with Crippen molar-refractivity contribution < 1.29 is 9.53 Å². The van der Waals surface area contributed by atoms with Crippen LogP contribution in [0.3, 0.4) is 0 Å². The van der Waals surface area contributed by atoms with Crippen LogP contribution >= 0.6 is 11.8 Å². The maximum atomic E-state index is 11.9. The Bertz CT molecular complexity index is 413. The van der Waals surface area contributed by atoms with Crippen LogP contribution in [0.25, 0.3) is 0 Å². The molecular formula is C15H24N2O2S. The Morgan fingerprint density at radius 3 is 2.95 bits per heavy atom. The molecule has 2 amide bonds. The first kappa shape index (κ1) is 16.9. The van der Waals surface area contributed by atoms with Gasteiger partial charge in [-0.15, -0.1) is 11.8 Å². The molecule has 0 unspecified atom stereocenters. The summed E-state index contributed by atoms with van der Waals surface area (Å²) in [5.41, 5.74) is 1.14. The van der Waals surface area contributed by atoms with Crippen molar-refractivity contribution in [3.8, 4) is 0 Å². The van der Waals surface area contributed by atoms with Crippen LogP contribution in [0.15, 0.2) is 29.2 Å². The lowest BCUT2D eigenvalue weighted by Crippen LogP contribution is -2.37. The first-order valence-corrected chi connectivity index (χ1v) is 8.09. The van der Waals surface area contributed by atoms with Crippen LogP contribution in [-0.4, -0.2) is 44.0 Å². The standard InChI is InChI=1S/C15H24N2O2S/c1-4-19-10-6-9-16-15(18)17(2)12-13-7-5-8-14(11-13)20-3/h5,7-8,11H,4,6,9-10,12H2,1-3H3,(H,16,18). The molecule has 0 saturated carbocycles. The molecule has 0 bridgehead atoms. The van der Waals surface area contributed by atoms with Crippen LogP contribution in [0.4, 0.5) is 4.79 Å². The molecule has 0 saturated heterocycles. The summed E-state index contributed by atoms with van der Waals surface area (Å²) in [7, 11) is 1.81. The van der Waals surface area contributed by atoms with Crippen molar-refractivity contribution in [2.24, 2.45) is 0 Å². The number of thioether (sulfide) groups is 1. The molecule has 0 fully saturated rings. The minimum absolute atomic E-state index is 0.0453. The summed E-state index contributed by atoms with van der Waals surface area (Å²) in [6.45, 7) is 4.64. The van der Waals surface area contributed by atoms with E-state index in [0.717, 1.165) is 18.6 Å². The largest absolute Gasteiger partial charge is 0.382 e. The van der Waals surface area contributed by atoms with E-state index >= 15 is 0 Å².